The molecule has 3 heterocycles. The number of thiophene rings is 1. The number of fused-ring (bicyclic) bond motifs is 1. The SMILES string of the molecule is CCc1nc(NOCC2CCOC2)c2ccsc2n1. The number of rotatable bonds is 5. The number of ether oxygens (including phenoxy) is 1. The van der Waals surface area contributed by atoms with Crippen molar-refractivity contribution in [2.75, 3.05) is 25.3 Å². The molecule has 0 aromatic carbocycles. The second-order valence-electron chi connectivity index (χ2n) is 4.62. The minimum absolute atomic E-state index is 0.484. The average molecular weight is 279 g/mol. The molecular formula is C13H17N3O2S. The lowest BCUT2D eigenvalue weighted by molar-refractivity contribution is 0.126. The molecule has 3 rings (SSSR count). The summed E-state index contributed by atoms with van der Waals surface area (Å²) in [5.41, 5.74) is 2.98. The van der Waals surface area contributed by atoms with E-state index >= 15 is 0 Å². The van der Waals surface area contributed by atoms with Crippen LogP contribution in [0.1, 0.15) is 19.2 Å². The number of anilines is 1. The third kappa shape index (κ3) is 2.86. The Hall–Kier alpha value is -1.24. The summed E-state index contributed by atoms with van der Waals surface area (Å²) in [6.07, 6.45) is 1.89. The van der Waals surface area contributed by atoms with Gasteiger partial charge in [-0.05, 0) is 17.9 Å². The summed E-state index contributed by atoms with van der Waals surface area (Å²) in [6.45, 7) is 4.34. The highest BCUT2D eigenvalue weighted by Gasteiger charge is 2.16. The summed E-state index contributed by atoms with van der Waals surface area (Å²) in [5.74, 6) is 2.09. The van der Waals surface area contributed by atoms with Crippen molar-refractivity contribution in [3.05, 3.63) is 17.3 Å². The molecule has 1 aliphatic rings. The Bertz CT molecular complexity index is 552. The molecule has 1 N–H and O–H groups in total. The minimum atomic E-state index is 0.484. The van der Waals surface area contributed by atoms with E-state index in [1.807, 2.05) is 11.4 Å². The largest absolute Gasteiger partial charge is 0.381 e. The van der Waals surface area contributed by atoms with Gasteiger partial charge in [0.25, 0.3) is 0 Å². The molecule has 1 atom stereocenters. The van der Waals surface area contributed by atoms with E-state index in [0.717, 1.165) is 47.9 Å². The number of hydrogen-bond acceptors (Lipinski definition) is 6. The maximum Gasteiger partial charge on any atom is 0.162 e. The second kappa shape index (κ2) is 5.81. The van der Waals surface area contributed by atoms with Crippen LogP contribution in [0, 0.1) is 5.92 Å². The van der Waals surface area contributed by atoms with Crippen molar-refractivity contribution < 1.29 is 9.57 Å². The Morgan fingerprint density at radius 2 is 2.47 bits per heavy atom. The van der Waals surface area contributed by atoms with E-state index in [4.69, 9.17) is 9.57 Å². The van der Waals surface area contributed by atoms with Gasteiger partial charge in [-0.2, -0.15) is 0 Å². The molecule has 0 amide bonds. The molecule has 1 saturated heterocycles. The molecule has 0 aliphatic carbocycles. The molecule has 1 aliphatic heterocycles. The molecule has 102 valence electrons. The first-order valence-corrected chi connectivity index (χ1v) is 7.44. The summed E-state index contributed by atoms with van der Waals surface area (Å²) in [7, 11) is 0. The lowest BCUT2D eigenvalue weighted by Gasteiger charge is -2.11. The summed E-state index contributed by atoms with van der Waals surface area (Å²) in [6, 6.07) is 2.02. The van der Waals surface area contributed by atoms with E-state index in [0.29, 0.717) is 12.5 Å². The zero-order valence-corrected chi connectivity index (χ0v) is 11.7. The van der Waals surface area contributed by atoms with Gasteiger partial charge in [0.05, 0.1) is 18.6 Å². The van der Waals surface area contributed by atoms with Crippen molar-refractivity contribution in [1.29, 1.82) is 0 Å². The molecule has 0 bridgehead atoms. The zero-order valence-electron chi connectivity index (χ0n) is 10.9. The van der Waals surface area contributed by atoms with Gasteiger partial charge in [-0.15, -0.1) is 11.3 Å². The van der Waals surface area contributed by atoms with Gasteiger partial charge < -0.3 is 4.74 Å². The molecule has 6 heteroatoms. The van der Waals surface area contributed by atoms with Gasteiger partial charge in [0.1, 0.15) is 10.7 Å². The third-order valence-corrected chi connectivity index (χ3v) is 4.01. The van der Waals surface area contributed by atoms with Gasteiger partial charge in [0.15, 0.2) is 5.82 Å². The number of nitrogens with one attached hydrogen (secondary N) is 1. The van der Waals surface area contributed by atoms with Crippen LogP contribution in [0.5, 0.6) is 0 Å². The smallest absolute Gasteiger partial charge is 0.162 e. The van der Waals surface area contributed by atoms with E-state index in [1.54, 1.807) is 11.3 Å². The molecule has 19 heavy (non-hydrogen) atoms. The Kier molecular flexibility index (Phi) is 3.91. The van der Waals surface area contributed by atoms with Gasteiger partial charge in [0.2, 0.25) is 0 Å². The van der Waals surface area contributed by atoms with Crippen LogP contribution in [-0.4, -0.2) is 29.8 Å². The number of aryl methyl sites for hydroxylation is 1. The molecule has 1 fully saturated rings. The molecule has 2 aromatic rings. The third-order valence-electron chi connectivity index (χ3n) is 3.20. The predicted molar refractivity (Wildman–Crippen MR) is 75.3 cm³/mol. The van der Waals surface area contributed by atoms with Crippen molar-refractivity contribution in [3.63, 3.8) is 0 Å². The van der Waals surface area contributed by atoms with Crippen molar-refractivity contribution in [2.24, 2.45) is 5.92 Å². The lowest BCUT2D eigenvalue weighted by Crippen LogP contribution is -2.14. The summed E-state index contributed by atoms with van der Waals surface area (Å²) in [4.78, 5) is 15.5. The quantitative estimate of drug-likeness (QED) is 0.853. The second-order valence-corrected chi connectivity index (χ2v) is 5.52. The number of aromatic nitrogens is 2. The predicted octanol–water partition coefficient (Wildman–Crippen LogP) is 2.63. The van der Waals surface area contributed by atoms with Gasteiger partial charge >= 0.3 is 0 Å². The van der Waals surface area contributed by atoms with Crippen molar-refractivity contribution in [1.82, 2.24) is 9.97 Å². The van der Waals surface area contributed by atoms with E-state index < -0.39 is 0 Å². The van der Waals surface area contributed by atoms with Gasteiger partial charge in [-0.25, -0.2) is 15.4 Å². The molecule has 0 radical (unpaired) electrons. The molecule has 2 aromatic heterocycles. The molecule has 5 nitrogen and oxygen atoms in total. The van der Waals surface area contributed by atoms with Crippen molar-refractivity contribution in [3.8, 4) is 0 Å². The fourth-order valence-corrected chi connectivity index (χ4v) is 2.86. The van der Waals surface area contributed by atoms with Gasteiger partial charge in [-0.1, -0.05) is 6.92 Å². The van der Waals surface area contributed by atoms with Crippen molar-refractivity contribution in [2.45, 2.75) is 19.8 Å². The highest BCUT2D eigenvalue weighted by molar-refractivity contribution is 7.16. The number of nitrogens with zero attached hydrogens (tertiary/aromatic N) is 2. The van der Waals surface area contributed by atoms with Crippen LogP contribution < -0.4 is 5.48 Å². The van der Waals surface area contributed by atoms with E-state index in [2.05, 4.69) is 22.4 Å². The van der Waals surface area contributed by atoms with Crippen LogP contribution in [0.15, 0.2) is 11.4 Å². The Morgan fingerprint density at radius 1 is 1.53 bits per heavy atom. The Morgan fingerprint density at radius 3 is 3.26 bits per heavy atom. The van der Waals surface area contributed by atoms with Crippen LogP contribution >= 0.6 is 11.3 Å². The summed E-state index contributed by atoms with van der Waals surface area (Å²) in [5, 5.41) is 3.04. The lowest BCUT2D eigenvalue weighted by atomic mass is 10.1. The fourth-order valence-electron chi connectivity index (χ4n) is 2.08. The van der Waals surface area contributed by atoms with Crippen LogP contribution in [-0.2, 0) is 16.0 Å². The van der Waals surface area contributed by atoms with Gasteiger partial charge in [-0.3, -0.25) is 4.84 Å². The summed E-state index contributed by atoms with van der Waals surface area (Å²) >= 11 is 1.62. The molecule has 0 saturated carbocycles. The van der Waals surface area contributed by atoms with Crippen LogP contribution in [0.4, 0.5) is 5.82 Å². The molecule has 0 spiro atoms. The van der Waals surface area contributed by atoms with E-state index in [1.165, 1.54) is 0 Å². The maximum atomic E-state index is 5.56. The Balaban J connectivity index is 1.70. The molecule has 1 unspecified atom stereocenters. The zero-order chi connectivity index (χ0) is 13.1. The first-order chi connectivity index (χ1) is 9.36. The topological polar surface area (TPSA) is 56.3 Å². The molecular weight excluding hydrogens is 262 g/mol. The van der Waals surface area contributed by atoms with Crippen molar-refractivity contribution >= 4 is 27.4 Å². The van der Waals surface area contributed by atoms with E-state index in [9.17, 15) is 0 Å². The Labute approximate surface area is 115 Å². The highest BCUT2D eigenvalue weighted by Crippen LogP contribution is 2.25. The maximum absolute atomic E-state index is 5.56. The van der Waals surface area contributed by atoms with E-state index in [-0.39, 0.29) is 0 Å². The van der Waals surface area contributed by atoms with Crippen LogP contribution in [0.3, 0.4) is 0 Å². The average Bonchev–Trinajstić information content (AvgIpc) is 3.08. The first kappa shape index (κ1) is 12.8. The first-order valence-electron chi connectivity index (χ1n) is 6.56. The number of hydrogen-bond donors (Lipinski definition) is 1. The fraction of sp³-hybridized carbons (Fsp3) is 0.538. The highest BCUT2D eigenvalue weighted by atomic mass is 32.1. The minimum Gasteiger partial charge on any atom is -0.381 e. The standard InChI is InChI=1S/C13H17N3O2S/c1-2-11-14-12(10-4-6-19-13(10)15-11)16-18-8-9-3-5-17-7-9/h4,6,9H,2-3,5,7-8H2,1H3,(H,14,15,16). The summed E-state index contributed by atoms with van der Waals surface area (Å²) < 4.78 is 5.32. The van der Waals surface area contributed by atoms with Crippen LogP contribution in [0.2, 0.25) is 0 Å². The van der Waals surface area contributed by atoms with Crippen LogP contribution in [0.25, 0.3) is 10.2 Å². The van der Waals surface area contributed by atoms with Gasteiger partial charge in [0, 0.05) is 18.9 Å². The normalized spacial score (nSPS) is 19.1. The monoisotopic (exact) mass is 279 g/mol.